The zero-order valence-corrected chi connectivity index (χ0v) is 12.9. The van der Waals surface area contributed by atoms with Gasteiger partial charge in [0.15, 0.2) is 11.5 Å². The van der Waals surface area contributed by atoms with Gasteiger partial charge in [-0.3, -0.25) is 0 Å². The van der Waals surface area contributed by atoms with E-state index in [4.69, 9.17) is 9.47 Å². The average molecular weight is 311 g/mol. The van der Waals surface area contributed by atoms with Crippen LogP contribution >= 0.6 is 0 Å². The Morgan fingerprint density at radius 2 is 1.87 bits per heavy atom. The predicted octanol–water partition coefficient (Wildman–Crippen LogP) is 3.46. The number of fused-ring (bicyclic) bond motifs is 1. The van der Waals surface area contributed by atoms with Gasteiger partial charge in [-0.25, -0.2) is 4.79 Å². The Morgan fingerprint density at radius 1 is 1.13 bits per heavy atom. The maximum Gasteiger partial charge on any atom is 0.336 e. The van der Waals surface area contributed by atoms with Crippen LogP contribution in [0.25, 0.3) is 10.9 Å². The molecule has 0 aliphatic carbocycles. The molecule has 0 bridgehead atoms. The average Bonchev–Trinajstić information content (AvgIpc) is 2.89. The van der Waals surface area contributed by atoms with Gasteiger partial charge in [0.1, 0.15) is 6.61 Å². The van der Waals surface area contributed by atoms with Crippen LogP contribution in [0.4, 0.5) is 0 Å². The predicted molar refractivity (Wildman–Crippen MR) is 87.2 cm³/mol. The molecular weight excluding hydrogens is 294 g/mol. The Morgan fingerprint density at radius 3 is 2.57 bits per heavy atom. The molecule has 5 heteroatoms. The first kappa shape index (κ1) is 15.0. The molecule has 5 nitrogen and oxygen atoms in total. The van der Waals surface area contributed by atoms with Gasteiger partial charge in [-0.1, -0.05) is 18.2 Å². The van der Waals surface area contributed by atoms with Crippen LogP contribution in [-0.4, -0.2) is 22.8 Å². The van der Waals surface area contributed by atoms with Gasteiger partial charge in [-0.05, 0) is 24.3 Å². The first-order valence-corrected chi connectivity index (χ1v) is 7.18. The molecule has 0 saturated carbocycles. The van der Waals surface area contributed by atoms with E-state index in [1.807, 2.05) is 48.1 Å². The van der Waals surface area contributed by atoms with Crippen molar-refractivity contribution in [1.29, 1.82) is 0 Å². The molecule has 0 spiro atoms. The maximum absolute atomic E-state index is 11.5. The van der Waals surface area contributed by atoms with Crippen molar-refractivity contribution < 1.29 is 19.4 Å². The first-order valence-electron chi connectivity index (χ1n) is 7.18. The van der Waals surface area contributed by atoms with Crippen molar-refractivity contribution in [3.8, 4) is 11.5 Å². The minimum Gasteiger partial charge on any atom is -0.493 e. The second kappa shape index (κ2) is 6.04. The lowest BCUT2D eigenvalue weighted by Gasteiger charge is -2.10. The molecule has 0 amide bonds. The summed E-state index contributed by atoms with van der Waals surface area (Å²) in [5.41, 5.74) is 1.97. The SMILES string of the molecule is COc1ccccc1OCc1cn(C)c2cccc(C(=O)O)c12. The lowest BCUT2D eigenvalue weighted by atomic mass is 10.1. The van der Waals surface area contributed by atoms with Gasteiger partial charge >= 0.3 is 5.97 Å². The Labute approximate surface area is 133 Å². The summed E-state index contributed by atoms with van der Waals surface area (Å²) < 4.78 is 13.0. The van der Waals surface area contributed by atoms with Crippen molar-refractivity contribution in [2.24, 2.45) is 7.05 Å². The molecule has 23 heavy (non-hydrogen) atoms. The van der Waals surface area contributed by atoms with Crippen LogP contribution in [-0.2, 0) is 13.7 Å². The second-order valence-electron chi connectivity index (χ2n) is 5.21. The van der Waals surface area contributed by atoms with E-state index in [-0.39, 0.29) is 12.2 Å². The molecule has 1 N–H and O–H groups in total. The fourth-order valence-electron chi connectivity index (χ4n) is 2.72. The molecule has 0 fully saturated rings. The standard InChI is InChI=1S/C18H17NO4/c1-19-10-12(11-23-16-9-4-3-8-15(16)22-2)17-13(18(20)21)6-5-7-14(17)19/h3-10H,11H2,1-2H3,(H,20,21). The second-order valence-corrected chi connectivity index (χ2v) is 5.21. The molecule has 1 aromatic heterocycles. The number of ether oxygens (including phenoxy) is 2. The number of methoxy groups -OCH3 is 1. The summed E-state index contributed by atoms with van der Waals surface area (Å²) in [5.74, 6) is 0.325. The van der Waals surface area contributed by atoms with E-state index in [1.54, 1.807) is 19.2 Å². The third-order valence-corrected chi connectivity index (χ3v) is 3.78. The number of aromatic carboxylic acids is 1. The molecule has 0 aliphatic heterocycles. The number of rotatable bonds is 5. The van der Waals surface area contributed by atoms with Crippen LogP contribution in [0.5, 0.6) is 11.5 Å². The van der Waals surface area contributed by atoms with E-state index in [9.17, 15) is 9.90 Å². The molecule has 0 aliphatic rings. The number of aryl methyl sites for hydroxylation is 1. The Bertz CT molecular complexity index is 867. The van der Waals surface area contributed by atoms with Crippen molar-refractivity contribution in [3.63, 3.8) is 0 Å². The summed E-state index contributed by atoms with van der Waals surface area (Å²) in [5, 5.41) is 10.1. The van der Waals surface area contributed by atoms with E-state index >= 15 is 0 Å². The molecule has 3 rings (SSSR count). The highest BCUT2D eigenvalue weighted by Gasteiger charge is 2.16. The van der Waals surface area contributed by atoms with Gasteiger partial charge in [-0.2, -0.15) is 0 Å². The third kappa shape index (κ3) is 2.73. The van der Waals surface area contributed by atoms with Crippen molar-refractivity contribution in [1.82, 2.24) is 4.57 Å². The zero-order chi connectivity index (χ0) is 16.4. The van der Waals surface area contributed by atoms with Crippen LogP contribution in [0, 0.1) is 0 Å². The minimum absolute atomic E-state index is 0.266. The zero-order valence-electron chi connectivity index (χ0n) is 12.9. The lowest BCUT2D eigenvalue weighted by Crippen LogP contribution is -2.01. The van der Waals surface area contributed by atoms with Gasteiger partial charge in [0, 0.05) is 29.7 Å². The van der Waals surface area contributed by atoms with Crippen molar-refractivity contribution in [2.45, 2.75) is 6.61 Å². The summed E-state index contributed by atoms with van der Waals surface area (Å²) in [6, 6.07) is 12.6. The van der Waals surface area contributed by atoms with Gasteiger partial charge in [0.25, 0.3) is 0 Å². The topological polar surface area (TPSA) is 60.7 Å². The van der Waals surface area contributed by atoms with Gasteiger partial charge in [-0.15, -0.1) is 0 Å². The van der Waals surface area contributed by atoms with Crippen LogP contribution in [0.15, 0.2) is 48.7 Å². The number of carboxylic acid groups (broad SMARTS) is 1. The molecule has 0 unspecified atom stereocenters. The molecule has 0 atom stereocenters. The van der Waals surface area contributed by atoms with Gasteiger partial charge < -0.3 is 19.1 Å². The molecule has 1 heterocycles. The fraction of sp³-hybridized carbons (Fsp3) is 0.167. The normalized spacial score (nSPS) is 10.7. The number of hydrogen-bond donors (Lipinski definition) is 1. The van der Waals surface area contributed by atoms with E-state index in [1.165, 1.54) is 0 Å². The highest BCUT2D eigenvalue weighted by atomic mass is 16.5. The molecule has 0 saturated heterocycles. The van der Waals surface area contributed by atoms with Crippen LogP contribution in [0.3, 0.4) is 0 Å². The minimum atomic E-state index is -0.944. The number of carbonyl (C=O) groups is 1. The molecule has 0 radical (unpaired) electrons. The number of nitrogens with zero attached hydrogens (tertiary/aromatic N) is 1. The Hall–Kier alpha value is -2.95. The number of carboxylic acids is 1. The highest BCUT2D eigenvalue weighted by Crippen LogP contribution is 2.29. The summed E-state index contributed by atoms with van der Waals surface area (Å²) in [6.45, 7) is 0.266. The van der Waals surface area contributed by atoms with E-state index in [0.717, 1.165) is 11.1 Å². The third-order valence-electron chi connectivity index (χ3n) is 3.78. The monoisotopic (exact) mass is 311 g/mol. The molecule has 3 aromatic rings. The number of para-hydroxylation sites is 2. The Kier molecular flexibility index (Phi) is 3.93. The lowest BCUT2D eigenvalue weighted by molar-refractivity contribution is 0.0699. The first-order chi connectivity index (χ1) is 11.1. The smallest absolute Gasteiger partial charge is 0.336 e. The van der Waals surface area contributed by atoms with Crippen molar-refractivity contribution in [3.05, 3.63) is 59.8 Å². The van der Waals surface area contributed by atoms with Crippen LogP contribution in [0.1, 0.15) is 15.9 Å². The highest BCUT2D eigenvalue weighted by molar-refractivity contribution is 6.04. The molecule has 2 aromatic carbocycles. The number of aromatic nitrogens is 1. The summed E-state index contributed by atoms with van der Waals surface area (Å²) in [4.78, 5) is 11.5. The quantitative estimate of drug-likeness (QED) is 0.784. The fourth-order valence-corrected chi connectivity index (χ4v) is 2.72. The van der Waals surface area contributed by atoms with E-state index < -0.39 is 5.97 Å². The number of hydrogen-bond acceptors (Lipinski definition) is 3. The molecular formula is C18H17NO4. The van der Waals surface area contributed by atoms with E-state index in [2.05, 4.69) is 0 Å². The maximum atomic E-state index is 11.5. The summed E-state index contributed by atoms with van der Waals surface area (Å²) in [7, 11) is 3.48. The van der Waals surface area contributed by atoms with Crippen LogP contribution in [0.2, 0.25) is 0 Å². The molecule has 118 valence electrons. The van der Waals surface area contributed by atoms with Crippen molar-refractivity contribution in [2.75, 3.05) is 7.11 Å². The summed E-state index contributed by atoms with van der Waals surface area (Å²) in [6.07, 6.45) is 1.90. The van der Waals surface area contributed by atoms with Crippen LogP contribution < -0.4 is 9.47 Å². The number of benzene rings is 2. The van der Waals surface area contributed by atoms with Gasteiger partial charge in [0.2, 0.25) is 0 Å². The van der Waals surface area contributed by atoms with E-state index in [0.29, 0.717) is 16.9 Å². The van der Waals surface area contributed by atoms with Gasteiger partial charge in [0.05, 0.1) is 12.7 Å². The summed E-state index contributed by atoms with van der Waals surface area (Å²) >= 11 is 0. The van der Waals surface area contributed by atoms with Crippen molar-refractivity contribution >= 4 is 16.9 Å². The Balaban J connectivity index is 1.99. The largest absolute Gasteiger partial charge is 0.493 e.